The van der Waals surface area contributed by atoms with Crippen LogP contribution in [0.1, 0.15) is 233 Å². The van der Waals surface area contributed by atoms with Crippen molar-refractivity contribution in [3.05, 3.63) is 13.8 Å². The SMILES string of the molecule is [CH2-]CCCCC(OCCCCCCCC)OCCCCCCCC.[CH2-]CCCCC(OCCCCCCCC)OCCCCCCCC.[Cu+2].[Li]. The minimum Gasteiger partial charge on any atom is -0.353 e. The molecule has 0 aliphatic carbocycles. The van der Waals surface area contributed by atoms with Gasteiger partial charge in [0.05, 0.1) is 0 Å². The third kappa shape index (κ3) is 51.1. The predicted molar refractivity (Wildman–Crippen MR) is 218 cm³/mol. The molecule has 6 heteroatoms. The first-order valence-corrected chi connectivity index (χ1v) is 21.7. The number of rotatable bonds is 40. The third-order valence-electron chi connectivity index (χ3n) is 9.09. The smallest absolute Gasteiger partial charge is 0.353 e. The molecule has 0 aliphatic heterocycles. The van der Waals surface area contributed by atoms with Crippen molar-refractivity contribution in [1.82, 2.24) is 0 Å². The van der Waals surface area contributed by atoms with Gasteiger partial charge in [-0.3, -0.25) is 0 Å². The van der Waals surface area contributed by atoms with Crippen molar-refractivity contribution in [2.45, 2.75) is 246 Å². The second-order valence-electron chi connectivity index (χ2n) is 14.1. The molecule has 0 heterocycles. The van der Waals surface area contributed by atoms with E-state index in [-0.39, 0.29) is 48.5 Å². The summed E-state index contributed by atoms with van der Waals surface area (Å²) in [5.41, 5.74) is 0. The molecule has 0 saturated heterocycles. The van der Waals surface area contributed by atoms with Crippen LogP contribution in [0.4, 0.5) is 0 Å². The first-order chi connectivity index (χ1) is 23.7. The molecular formula is C44H90CuLiO4. The Morgan fingerprint density at radius 1 is 0.320 bits per heavy atom. The van der Waals surface area contributed by atoms with Crippen LogP contribution in [0, 0.1) is 13.8 Å². The summed E-state index contributed by atoms with van der Waals surface area (Å²) in [7, 11) is 0. The molecule has 0 saturated carbocycles. The molecule has 0 rings (SSSR count). The maximum absolute atomic E-state index is 6.00. The fourth-order valence-corrected chi connectivity index (χ4v) is 5.79. The molecule has 302 valence electrons. The third-order valence-corrected chi connectivity index (χ3v) is 9.09. The Kier molecular flexibility index (Phi) is 62.6. The minimum atomic E-state index is 0. The minimum absolute atomic E-state index is 0. The van der Waals surface area contributed by atoms with Crippen molar-refractivity contribution >= 4 is 18.9 Å². The molecule has 0 aliphatic rings. The number of ether oxygens (including phenoxy) is 4. The van der Waals surface area contributed by atoms with E-state index in [1.54, 1.807) is 0 Å². The van der Waals surface area contributed by atoms with Crippen LogP contribution in [-0.2, 0) is 36.0 Å². The zero-order chi connectivity index (χ0) is 35.4. The maximum atomic E-state index is 6.00. The average molecular weight is 754 g/mol. The summed E-state index contributed by atoms with van der Waals surface area (Å²) in [6.07, 6.45) is 40.3. The Bertz CT molecular complexity index is 460. The molecule has 0 N–H and O–H groups in total. The fourth-order valence-electron chi connectivity index (χ4n) is 5.79. The van der Waals surface area contributed by atoms with Gasteiger partial charge in [0.15, 0.2) is 12.6 Å². The molecule has 0 aromatic rings. The van der Waals surface area contributed by atoms with Gasteiger partial charge in [0.25, 0.3) is 0 Å². The summed E-state index contributed by atoms with van der Waals surface area (Å²) in [5.74, 6) is 0. The summed E-state index contributed by atoms with van der Waals surface area (Å²) in [6, 6.07) is 0. The van der Waals surface area contributed by atoms with E-state index in [0.29, 0.717) is 0 Å². The van der Waals surface area contributed by atoms with E-state index in [1.807, 2.05) is 0 Å². The van der Waals surface area contributed by atoms with E-state index in [0.717, 1.165) is 52.1 Å². The first-order valence-electron chi connectivity index (χ1n) is 21.7. The second kappa shape index (κ2) is 54.3. The zero-order valence-corrected chi connectivity index (χ0v) is 35.9. The molecule has 0 bridgehead atoms. The van der Waals surface area contributed by atoms with E-state index >= 15 is 0 Å². The van der Waals surface area contributed by atoms with Crippen LogP contribution in [-0.4, -0.2) is 57.9 Å². The summed E-state index contributed by atoms with van der Waals surface area (Å²) in [4.78, 5) is 0. The monoisotopic (exact) mass is 753 g/mol. The molecular weight excluding hydrogens is 663 g/mol. The van der Waals surface area contributed by atoms with Gasteiger partial charge in [-0.25, -0.2) is 0 Å². The van der Waals surface area contributed by atoms with Gasteiger partial charge in [-0.1, -0.05) is 182 Å². The summed E-state index contributed by atoms with van der Waals surface area (Å²) < 4.78 is 24.0. The van der Waals surface area contributed by atoms with Crippen molar-refractivity contribution in [1.29, 1.82) is 0 Å². The molecule has 50 heavy (non-hydrogen) atoms. The van der Waals surface area contributed by atoms with Gasteiger partial charge < -0.3 is 32.8 Å². The van der Waals surface area contributed by atoms with Crippen molar-refractivity contribution in [2.24, 2.45) is 0 Å². The second-order valence-corrected chi connectivity index (χ2v) is 14.1. The molecule has 2 radical (unpaired) electrons. The molecule has 4 nitrogen and oxygen atoms in total. The summed E-state index contributed by atoms with van der Waals surface area (Å²) >= 11 is 0. The molecule has 0 aromatic heterocycles. The number of hydrogen-bond acceptors (Lipinski definition) is 4. The van der Waals surface area contributed by atoms with Crippen LogP contribution in [0.3, 0.4) is 0 Å². The van der Waals surface area contributed by atoms with Gasteiger partial charge in [0, 0.05) is 45.3 Å². The van der Waals surface area contributed by atoms with Crippen LogP contribution in [0.25, 0.3) is 0 Å². The standard InChI is InChI=1S/2C22H45O2.Cu.Li/c2*1-4-7-10-12-14-17-20-23-22(19-16-9-6-3)24-21-18-15-13-11-8-5-2;;/h2*22H,3-21H2,1-2H3;;/q2*-1;+2;. The number of unbranched alkanes of at least 4 members (excludes halogenated alkanes) is 24. The van der Waals surface area contributed by atoms with Gasteiger partial charge in [0.1, 0.15) is 0 Å². The Morgan fingerprint density at radius 3 is 0.760 bits per heavy atom. The zero-order valence-electron chi connectivity index (χ0n) is 35.0. The predicted octanol–water partition coefficient (Wildman–Crippen LogP) is 14.5. The van der Waals surface area contributed by atoms with Crippen molar-refractivity contribution in [3.63, 3.8) is 0 Å². The summed E-state index contributed by atoms with van der Waals surface area (Å²) in [6.45, 7) is 20.3. The topological polar surface area (TPSA) is 36.9 Å². The molecule has 0 aromatic carbocycles. The van der Waals surface area contributed by atoms with Crippen LogP contribution in [0.5, 0.6) is 0 Å². The maximum Gasteiger partial charge on any atom is 2.00 e. The Hall–Kier alpha value is 0.957. The van der Waals surface area contributed by atoms with Gasteiger partial charge in [-0.05, 0) is 38.5 Å². The van der Waals surface area contributed by atoms with Crippen molar-refractivity contribution < 1.29 is 36.0 Å². The van der Waals surface area contributed by atoms with E-state index < -0.39 is 0 Å². The molecule has 0 amide bonds. The van der Waals surface area contributed by atoms with E-state index in [9.17, 15) is 0 Å². The summed E-state index contributed by atoms with van der Waals surface area (Å²) in [5, 5.41) is 0. The Labute approximate surface area is 339 Å². The van der Waals surface area contributed by atoms with Gasteiger partial charge >= 0.3 is 17.1 Å². The molecule has 0 spiro atoms. The fraction of sp³-hybridized carbons (Fsp3) is 0.955. The molecule has 0 atom stereocenters. The van der Waals surface area contributed by atoms with Crippen molar-refractivity contribution in [2.75, 3.05) is 26.4 Å². The van der Waals surface area contributed by atoms with Gasteiger partial charge in [0.2, 0.25) is 0 Å². The normalized spacial score (nSPS) is 11.0. The van der Waals surface area contributed by atoms with Crippen LogP contribution >= 0.6 is 0 Å². The average Bonchev–Trinajstić information content (AvgIpc) is 3.10. The largest absolute Gasteiger partial charge is 2.00 e. The first kappa shape index (κ1) is 57.7. The molecule has 0 fully saturated rings. The van der Waals surface area contributed by atoms with Crippen LogP contribution in [0.2, 0.25) is 0 Å². The van der Waals surface area contributed by atoms with Gasteiger partial charge in [-0.15, -0.1) is 0 Å². The Balaban J connectivity index is -0.000000407. The van der Waals surface area contributed by atoms with E-state index in [4.69, 9.17) is 18.9 Å². The molecule has 0 unspecified atom stereocenters. The van der Waals surface area contributed by atoms with Crippen LogP contribution in [0.15, 0.2) is 0 Å². The van der Waals surface area contributed by atoms with Gasteiger partial charge in [-0.2, -0.15) is 12.8 Å². The van der Waals surface area contributed by atoms with Crippen LogP contribution < -0.4 is 0 Å². The van der Waals surface area contributed by atoms with E-state index in [2.05, 4.69) is 41.5 Å². The quantitative estimate of drug-likeness (QED) is 0.0270. The number of hydrogen-bond donors (Lipinski definition) is 0. The Morgan fingerprint density at radius 2 is 0.540 bits per heavy atom. The van der Waals surface area contributed by atoms with E-state index in [1.165, 1.54) is 180 Å². The van der Waals surface area contributed by atoms with Crippen molar-refractivity contribution in [3.8, 4) is 0 Å².